The van der Waals surface area contributed by atoms with Gasteiger partial charge in [0.2, 0.25) is 0 Å². The molecule has 3 heterocycles. The van der Waals surface area contributed by atoms with Gasteiger partial charge in [-0.15, -0.1) is 24.8 Å². The smallest absolute Gasteiger partial charge is 0.415 e. The van der Waals surface area contributed by atoms with Crippen LogP contribution in [0.4, 0.5) is 9.18 Å². The van der Waals surface area contributed by atoms with E-state index >= 15 is 0 Å². The maximum atomic E-state index is 13.9. The Morgan fingerprint density at radius 3 is 2.55 bits per heavy atom. The van der Waals surface area contributed by atoms with Crippen LogP contribution < -0.4 is 4.74 Å². The number of hydrogen-bond acceptors (Lipinski definition) is 5. The third-order valence-electron chi connectivity index (χ3n) is 4.60. The molecule has 1 aromatic carbocycles. The molecule has 9 heteroatoms. The van der Waals surface area contributed by atoms with Crippen molar-refractivity contribution in [3.8, 4) is 17.1 Å². The highest BCUT2D eigenvalue weighted by Crippen LogP contribution is 2.31. The van der Waals surface area contributed by atoms with Crippen LogP contribution in [0.2, 0.25) is 0 Å². The lowest BCUT2D eigenvalue weighted by atomic mass is 9.97. The first-order chi connectivity index (χ1) is 13.2. The zero-order valence-corrected chi connectivity index (χ0v) is 17.0. The Morgan fingerprint density at radius 2 is 1.86 bits per heavy atom. The lowest BCUT2D eigenvalue weighted by Crippen LogP contribution is -2.39. The van der Waals surface area contributed by atoms with Gasteiger partial charge in [-0.3, -0.25) is 4.98 Å². The molecular weight excluding hydrogens is 420 g/mol. The third kappa shape index (κ3) is 5.25. The van der Waals surface area contributed by atoms with Crippen LogP contribution >= 0.6 is 24.8 Å². The highest BCUT2D eigenvalue weighted by atomic mass is 35.5. The van der Waals surface area contributed by atoms with Crippen molar-refractivity contribution in [2.45, 2.75) is 18.8 Å². The molecule has 4 rings (SSSR count). The van der Waals surface area contributed by atoms with Crippen LogP contribution in [0.1, 0.15) is 24.7 Å². The van der Waals surface area contributed by atoms with E-state index < -0.39 is 0 Å². The summed E-state index contributed by atoms with van der Waals surface area (Å²) >= 11 is 0. The number of ether oxygens (including phenoxy) is 1. The molecule has 29 heavy (non-hydrogen) atoms. The van der Waals surface area contributed by atoms with E-state index in [0.717, 1.165) is 0 Å². The molecule has 0 saturated carbocycles. The maximum Gasteiger partial charge on any atom is 0.415 e. The summed E-state index contributed by atoms with van der Waals surface area (Å²) in [7, 11) is 0. The van der Waals surface area contributed by atoms with Crippen molar-refractivity contribution < 1.29 is 18.3 Å². The first-order valence-electron chi connectivity index (χ1n) is 8.78. The van der Waals surface area contributed by atoms with Crippen molar-refractivity contribution in [1.82, 2.24) is 14.9 Å². The van der Waals surface area contributed by atoms with E-state index in [1.165, 1.54) is 12.3 Å². The molecule has 6 nitrogen and oxygen atoms in total. The molecule has 2 aromatic heterocycles. The second-order valence-electron chi connectivity index (χ2n) is 6.36. The number of amides is 1. The van der Waals surface area contributed by atoms with Crippen molar-refractivity contribution >= 4 is 30.9 Å². The van der Waals surface area contributed by atoms with Crippen LogP contribution in [0.5, 0.6) is 5.75 Å². The Kier molecular flexibility index (Phi) is 7.99. The van der Waals surface area contributed by atoms with Crippen LogP contribution in [0.15, 0.2) is 59.4 Å². The van der Waals surface area contributed by atoms with E-state index in [0.29, 0.717) is 48.9 Å². The molecule has 0 spiro atoms. The monoisotopic (exact) mass is 439 g/mol. The Hall–Kier alpha value is -2.64. The SMILES string of the molecule is Cl.Cl.O=C(Oc1cccnc1)N1CCC(c2ncc(-c3ccccc3F)o2)CC1. The molecule has 0 unspecified atom stereocenters. The molecule has 0 bridgehead atoms. The lowest BCUT2D eigenvalue weighted by molar-refractivity contribution is 0.136. The summed E-state index contributed by atoms with van der Waals surface area (Å²) in [6.07, 6.45) is 5.70. The van der Waals surface area contributed by atoms with Crippen LogP contribution in [0, 0.1) is 5.82 Å². The topological polar surface area (TPSA) is 68.5 Å². The van der Waals surface area contributed by atoms with Gasteiger partial charge >= 0.3 is 6.09 Å². The number of benzene rings is 1. The van der Waals surface area contributed by atoms with Gasteiger partial charge in [0.25, 0.3) is 0 Å². The highest BCUT2D eigenvalue weighted by Gasteiger charge is 2.28. The molecule has 0 radical (unpaired) electrons. The number of likely N-dealkylation sites (tertiary alicyclic amines) is 1. The number of piperidine rings is 1. The van der Waals surface area contributed by atoms with Crippen molar-refractivity contribution in [3.63, 3.8) is 0 Å². The lowest BCUT2D eigenvalue weighted by Gasteiger charge is -2.29. The number of carbonyl (C=O) groups is 1. The number of rotatable bonds is 3. The zero-order chi connectivity index (χ0) is 18.6. The quantitative estimate of drug-likeness (QED) is 0.567. The molecule has 1 aliphatic rings. The van der Waals surface area contributed by atoms with Gasteiger partial charge in [-0.2, -0.15) is 0 Å². The minimum atomic E-state index is -0.388. The van der Waals surface area contributed by atoms with Crippen molar-refractivity contribution in [2.75, 3.05) is 13.1 Å². The highest BCUT2D eigenvalue weighted by molar-refractivity contribution is 5.85. The summed E-state index contributed by atoms with van der Waals surface area (Å²) in [5, 5.41) is 0. The van der Waals surface area contributed by atoms with Gasteiger partial charge in [-0.05, 0) is 37.1 Å². The number of oxazole rings is 1. The van der Waals surface area contributed by atoms with E-state index in [4.69, 9.17) is 9.15 Å². The van der Waals surface area contributed by atoms with Gasteiger partial charge in [0.05, 0.1) is 18.0 Å². The van der Waals surface area contributed by atoms with E-state index in [1.807, 2.05) is 0 Å². The van der Waals surface area contributed by atoms with Gasteiger partial charge < -0.3 is 14.1 Å². The van der Waals surface area contributed by atoms with Gasteiger partial charge in [0, 0.05) is 25.2 Å². The molecule has 0 atom stereocenters. The van der Waals surface area contributed by atoms with Gasteiger partial charge in [0.15, 0.2) is 17.4 Å². The second kappa shape index (κ2) is 10.2. The first kappa shape index (κ1) is 22.6. The maximum absolute atomic E-state index is 13.9. The van der Waals surface area contributed by atoms with Crippen LogP contribution in [-0.4, -0.2) is 34.1 Å². The Labute approximate surface area is 179 Å². The predicted octanol–water partition coefficient (Wildman–Crippen LogP) is 5.10. The minimum Gasteiger partial charge on any atom is -0.440 e. The molecule has 3 aromatic rings. The van der Waals surface area contributed by atoms with Crippen molar-refractivity contribution in [2.24, 2.45) is 0 Å². The largest absolute Gasteiger partial charge is 0.440 e. The summed E-state index contributed by atoms with van der Waals surface area (Å²) in [5.41, 5.74) is 0.397. The number of aromatic nitrogens is 2. The Morgan fingerprint density at radius 1 is 1.10 bits per heavy atom. The van der Waals surface area contributed by atoms with E-state index in [1.54, 1.807) is 47.6 Å². The second-order valence-corrected chi connectivity index (χ2v) is 6.36. The van der Waals surface area contributed by atoms with E-state index in [9.17, 15) is 9.18 Å². The van der Waals surface area contributed by atoms with Crippen LogP contribution in [0.3, 0.4) is 0 Å². The van der Waals surface area contributed by atoms with Gasteiger partial charge in [-0.1, -0.05) is 12.1 Å². The molecule has 0 aliphatic carbocycles. The molecule has 154 valence electrons. The summed E-state index contributed by atoms with van der Waals surface area (Å²) in [5.74, 6) is 1.17. The van der Waals surface area contributed by atoms with Gasteiger partial charge in [-0.25, -0.2) is 14.2 Å². The fourth-order valence-corrected chi connectivity index (χ4v) is 3.14. The Balaban J connectivity index is 0.00000150. The molecule has 1 aliphatic heterocycles. The zero-order valence-electron chi connectivity index (χ0n) is 15.4. The minimum absolute atomic E-state index is 0. The van der Waals surface area contributed by atoms with Crippen molar-refractivity contribution in [3.05, 3.63) is 66.7 Å². The summed E-state index contributed by atoms with van der Waals surface area (Å²) in [6, 6.07) is 9.85. The number of pyridine rings is 1. The summed E-state index contributed by atoms with van der Waals surface area (Å²) < 4.78 is 25.0. The standard InChI is InChI=1S/C20H18FN3O3.2ClH/c21-17-6-2-1-5-16(17)18-13-23-19(27-18)14-7-10-24(11-8-14)20(25)26-15-4-3-9-22-12-15;;/h1-6,9,12-14H,7-8,10-11H2;2*1H. The molecule has 0 N–H and O–H groups in total. The third-order valence-corrected chi connectivity index (χ3v) is 4.60. The molecule has 1 saturated heterocycles. The molecular formula is C20H20Cl2FN3O3. The average Bonchev–Trinajstić information content (AvgIpc) is 3.19. The van der Waals surface area contributed by atoms with Crippen LogP contribution in [-0.2, 0) is 0 Å². The molecule has 1 amide bonds. The fraction of sp³-hybridized carbons (Fsp3) is 0.250. The molecule has 1 fully saturated rings. The fourth-order valence-electron chi connectivity index (χ4n) is 3.14. The number of nitrogens with zero attached hydrogens (tertiary/aromatic N) is 3. The normalized spacial score (nSPS) is 13.9. The number of halogens is 3. The van der Waals surface area contributed by atoms with Crippen LogP contribution in [0.25, 0.3) is 11.3 Å². The predicted molar refractivity (Wildman–Crippen MR) is 110 cm³/mol. The summed E-state index contributed by atoms with van der Waals surface area (Å²) in [4.78, 5) is 22.1. The number of carbonyl (C=O) groups excluding carboxylic acids is 1. The van der Waals surface area contributed by atoms with E-state index in [2.05, 4.69) is 9.97 Å². The number of hydrogen-bond donors (Lipinski definition) is 0. The Bertz CT molecular complexity index is 931. The van der Waals surface area contributed by atoms with E-state index in [-0.39, 0.29) is 42.6 Å². The van der Waals surface area contributed by atoms with Gasteiger partial charge in [0.1, 0.15) is 5.82 Å². The van der Waals surface area contributed by atoms with Crippen molar-refractivity contribution in [1.29, 1.82) is 0 Å². The first-order valence-corrected chi connectivity index (χ1v) is 8.78. The summed E-state index contributed by atoms with van der Waals surface area (Å²) in [6.45, 7) is 1.09. The average molecular weight is 440 g/mol.